The smallest absolute Gasteiger partial charge is 0.340 e. The molecule has 0 fully saturated rings. The second kappa shape index (κ2) is 9.00. The third kappa shape index (κ3) is 5.48. The van der Waals surface area contributed by atoms with E-state index in [4.69, 9.17) is 4.74 Å². The quantitative estimate of drug-likeness (QED) is 0.321. The molecule has 0 heterocycles. The lowest BCUT2D eigenvalue weighted by molar-refractivity contribution is 0.00708. The van der Waals surface area contributed by atoms with E-state index in [1.54, 1.807) is 6.07 Å². The molecule has 0 spiro atoms. The molecule has 0 unspecified atom stereocenters. The second-order valence-corrected chi connectivity index (χ2v) is 9.29. The van der Waals surface area contributed by atoms with Crippen LogP contribution in [0.1, 0.15) is 47.1 Å². The van der Waals surface area contributed by atoms with E-state index in [0.29, 0.717) is 16.8 Å². The molecule has 1 amide bonds. The van der Waals surface area contributed by atoms with E-state index in [1.165, 1.54) is 0 Å². The zero-order chi connectivity index (χ0) is 21.9. The first-order valence-corrected chi connectivity index (χ1v) is 10.7. The largest absolute Gasteiger partial charge is 0.456 e. The number of ether oxygens (including phenoxy) is 1. The van der Waals surface area contributed by atoms with Gasteiger partial charge in [0.05, 0.1) is 11.3 Å². The van der Waals surface area contributed by atoms with Gasteiger partial charge < -0.3 is 10.1 Å². The fraction of sp³-hybridized carbons (Fsp3) is 0.200. The number of amides is 1. The average molecular weight is 513 g/mol. The number of hydrogen-bond acceptors (Lipinski definition) is 3. The van der Waals surface area contributed by atoms with E-state index < -0.39 is 11.6 Å². The number of halogens is 1. The fourth-order valence-electron chi connectivity index (χ4n) is 3.00. The topological polar surface area (TPSA) is 55.4 Å². The van der Waals surface area contributed by atoms with Crippen molar-refractivity contribution < 1.29 is 14.3 Å². The van der Waals surface area contributed by atoms with Crippen molar-refractivity contribution in [3.8, 4) is 11.1 Å². The summed E-state index contributed by atoms with van der Waals surface area (Å²) in [4.78, 5) is 25.8. The lowest BCUT2D eigenvalue weighted by Crippen LogP contribution is -2.25. The summed E-state index contributed by atoms with van der Waals surface area (Å²) in [5.74, 6) is -0.738. The van der Waals surface area contributed by atoms with Crippen LogP contribution in [0.25, 0.3) is 11.1 Å². The van der Waals surface area contributed by atoms with Crippen molar-refractivity contribution in [3.05, 3.63) is 87.0 Å². The molecule has 0 radical (unpaired) electrons. The van der Waals surface area contributed by atoms with Crippen molar-refractivity contribution in [1.29, 1.82) is 0 Å². The van der Waals surface area contributed by atoms with Gasteiger partial charge in [-0.15, -0.1) is 0 Å². The standard InChI is InChI=1S/C25H24INO3/c1-16-10-12-19(26)15-21(16)23(28)27-22-14-18(17-8-6-5-7-9-17)11-13-20(22)24(29)30-25(2,3)4/h5-15H,1-4H3,(H,27,28). The van der Waals surface area contributed by atoms with E-state index in [2.05, 4.69) is 27.9 Å². The van der Waals surface area contributed by atoms with Crippen molar-refractivity contribution in [2.45, 2.75) is 33.3 Å². The van der Waals surface area contributed by atoms with Crippen molar-refractivity contribution in [3.63, 3.8) is 0 Å². The minimum absolute atomic E-state index is 0.263. The van der Waals surface area contributed by atoms with Gasteiger partial charge in [0.25, 0.3) is 5.91 Å². The van der Waals surface area contributed by atoms with Crippen LogP contribution in [0.3, 0.4) is 0 Å². The molecule has 30 heavy (non-hydrogen) atoms. The minimum atomic E-state index is -0.636. The van der Waals surface area contributed by atoms with Gasteiger partial charge in [-0.2, -0.15) is 0 Å². The molecule has 4 nitrogen and oxygen atoms in total. The van der Waals surface area contributed by atoms with Gasteiger partial charge in [-0.3, -0.25) is 4.79 Å². The van der Waals surface area contributed by atoms with E-state index in [1.807, 2.05) is 88.4 Å². The highest BCUT2D eigenvalue weighted by Gasteiger charge is 2.22. The van der Waals surface area contributed by atoms with Crippen LogP contribution in [-0.2, 0) is 4.74 Å². The van der Waals surface area contributed by atoms with Crippen molar-refractivity contribution in [1.82, 2.24) is 0 Å². The molecule has 0 atom stereocenters. The molecule has 0 aromatic heterocycles. The Morgan fingerprint density at radius 3 is 2.23 bits per heavy atom. The number of nitrogens with one attached hydrogen (secondary N) is 1. The summed E-state index contributed by atoms with van der Waals surface area (Å²) in [6.45, 7) is 7.34. The maximum Gasteiger partial charge on any atom is 0.340 e. The number of anilines is 1. The Labute approximate surface area is 190 Å². The van der Waals surface area contributed by atoms with Crippen LogP contribution >= 0.6 is 22.6 Å². The zero-order valence-corrected chi connectivity index (χ0v) is 19.6. The molecule has 5 heteroatoms. The van der Waals surface area contributed by atoms with E-state index in [0.717, 1.165) is 20.3 Å². The second-order valence-electron chi connectivity index (χ2n) is 8.04. The zero-order valence-electron chi connectivity index (χ0n) is 17.5. The molecular formula is C25H24INO3. The number of esters is 1. The predicted molar refractivity (Wildman–Crippen MR) is 129 cm³/mol. The molecule has 3 aromatic rings. The number of hydrogen-bond donors (Lipinski definition) is 1. The Hall–Kier alpha value is -2.67. The maximum absolute atomic E-state index is 13.0. The average Bonchev–Trinajstić information content (AvgIpc) is 2.69. The lowest BCUT2D eigenvalue weighted by Gasteiger charge is -2.21. The Bertz CT molecular complexity index is 1090. The first-order valence-electron chi connectivity index (χ1n) is 9.64. The molecular weight excluding hydrogens is 489 g/mol. The summed E-state index contributed by atoms with van der Waals surface area (Å²) in [6, 6.07) is 20.9. The summed E-state index contributed by atoms with van der Waals surface area (Å²) in [6.07, 6.45) is 0. The van der Waals surface area contributed by atoms with E-state index >= 15 is 0 Å². The highest BCUT2D eigenvalue weighted by molar-refractivity contribution is 14.1. The summed E-state index contributed by atoms with van der Waals surface area (Å²) in [5, 5.41) is 2.93. The first kappa shape index (κ1) is 22.0. The monoisotopic (exact) mass is 513 g/mol. The lowest BCUT2D eigenvalue weighted by atomic mass is 10.0. The summed E-state index contributed by atoms with van der Waals surface area (Å²) in [5.41, 5.74) is 3.44. The van der Waals surface area contributed by atoms with Gasteiger partial charge in [0.1, 0.15) is 5.60 Å². The normalized spacial score (nSPS) is 11.1. The Morgan fingerprint density at radius 2 is 1.57 bits per heavy atom. The number of benzene rings is 3. The SMILES string of the molecule is Cc1ccc(I)cc1C(=O)Nc1cc(-c2ccccc2)ccc1C(=O)OC(C)(C)C. The highest BCUT2D eigenvalue weighted by Crippen LogP contribution is 2.28. The molecule has 0 aliphatic heterocycles. The summed E-state index contributed by atoms with van der Waals surface area (Å²) in [7, 11) is 0. The molecule has 0 saturated carbocycles. The number of aryl methyl sites for hydroxylation is 1. The van der Waals surface area contributed by atoms with E-state index in [-0.39, 0.29) is 5.91 Å². The Balaban J connectivity index is 2.03. The fourth-order valence-corrected chi connectivity index (χ4v) is 3.49. The molecule has 3 rings (SSSR count). The molecule has 3 aromatic carbocycles. The minimum Gasteiger partial charge on any atom is -0.456 e. The van der Waals surface area contributed by atoms with Crippen molar-refractivity contribution >= 4 is 40.2 Å². The maximum atomic E-state index is 13.0. The van der Waals surface area contributed by atoms with Crippen LogP contribution in [-0.4, -0.2) is 17.5 Å². The van der Waals surface area contributed by atoms with E-state index in [9.17, 15) is 9.59 Å². The number of rotatable bonds is 4. The number of carbonyl (C=O) groups excluding carboxylic acids is 2. The molecule has 0 aliphatic rings. The van der Waals surface area contributed by atoms with Crippen LogP contribution in [0.4, 0.5) is 5.69 Å². The van der Waals surface area contributed by atoms with Crippen LogP contribution in [0.2, 0.25) is 0 Å². The Morgan fingerprint density at radius 1 is 0.867 bits per heavy atom. The van der Waals surface area contributed by atoms with Crippen LogP contribution < -0.4 is 5.32 Å². The van der Waals surface area contributed by atoms with Crippen molar-refractivity contribution in [2.24, 2.45) is 0 Å². The van der Waals surface area contributed by atoms with Gasteiger partial charge in [0.15, 0.2) is 0 Å². The molecule has 0 bridgehead atoms. The predicted octanol–water partition coefficient (Wildman–Crippen LogP) is 6.47. The molecule has 1 N–H and O–H groups in total. The van der Waals surface area contributed by atoms with Gasteiger partial charge in [0, 0.05) is 9.13 Å². The third-order valence-electron chi connectivity index (χ3n) is 4.44. The van der Waals surface area contributed by atoms with Crippen LogP contribution in [0, 0.1) is 10.5 Å². The van der Waals surface area contributed by atoms with Crippen LogP contribution in [0.15, 0.2) is 66.7 Å². The molecule has 0 saturated heterocycles. The third-order valence-corrected chi connectivity index (χ3v) is 5.11. The molecule has 0 aliphatic carbocycles. The summed E-state index contributed by atoms with van der Waals surface area (Å²) >= 11 is 2.18. The van der Waals surface area contributed by atoms with Crippen molar-refractivity contribution in [2.75, 3.05) is 5.32 Å². The van der Waals surface area contributed by atoms with Crippen LogP contribution in [0.5, 0.6) is 0 Å². The Kier molecular flexibility index (Phi) is 6.61. The van der Waals surface area contributed by atoms with Gasteiger partial charge in [0.2, 0.25) is 0 Å². The first-order chi connectivity index (χ1) is 14.1. The molecule has 154 valence electrons. The van der Waals surface area contributed by atoms with Gasteiger partial charge in [-0.25, -0.2) is 4.79 Å². The van der Waals surface area contributed by atoms with Gasteiger partial charge in [-0.05, 0) is 91.2 Å². The highest BCUT2D eigenvalue weighted by atomic mass is 127. The number of carbonyl (C=O) groups is 2. The van der Waals surface area contributed by atoms with Gasteiger partial charge >= 0.3 is 5.97 Å². The van der Waals surface area contributed by atoms with Gasteiger partial charge in [-0.1, -0.05) is 42.5 Å². The summed E-state index contributed by atoms with van der Waals surface area (Å²) < 4.78 is 6.52.